The van der Waals surface area contributed by atoms with Gasteiger partial charge in [0.1, 0.15) is 0 Å². The van der Waals surface area contributed by atoms with Crippen molar-refractivity contribution >= 4 is 23.2 Å². The van der Waals surface area contributed by atoms with Crippen LogP contribution in [0.5, 0.6) is 0 Å². The third-order valence-corrected chi connectivity index (χ3v) is 4.29. The number of nitrogens with two attached hydrogens (primary N) is 1. The predicted molar refractivity (Wildman–Crippen MR) is 79.9 cm³/mol. The number of hydrogen-bond acceptors (Lipinski definition) is 3. The van der Waals surface area contributed by atoms with Crippen molar-refractivity contribution in [3.8, 4) is 0 Å². The lowest BCUT2D eigenvalue weighted by molar-refractivity contribution is 0.0155. The smallest absolute Gasteiger partial charge is 0.0698 e. The number of rotatable bonds is 4. The maximum absolute atomic E-state index is 6.29. The van der Waals surface area contributed by atoms with E-state index in [4.69, 9.17) is 33.7 Å². The van der Waals surface area contributed by atoms with Gasteiger partial charge in [0.05, 0.1) is 6.10 Å². The second kappa shape index (κ2) is 6.91. The summed E-state index contributed by atoms with van der Waals surface area (Å²) >= 11 is 12.2. The van der Waals surface area contributed by atoms with Crippen molar-refractivity contribution in [2.24, 2.45) is 5.73 Å². The van der Waals surface area contributed by atoms with Gasteiger partial charge < -0.3 is 10.5 Å². The summed E-state index contributed by atoms with van der Waals surface area (Å²) in [6.45, 7) is 2.47. The van der Waals surface area contributed by atoms with Crippen molar-refractivity contribution < 1.29 is 4.74 Å². The first-order chi connectivity index (χ1) is 9.15. The van der Waals surface area contributed by atoms with Crippen molar-refractivity contribution in [3.63, 3.8) is 0 Å². The summed E-state index contributed by atoms with van der Waals surface area (Å²) in [5, 5.41) is 1.33. The molecule has 0 aromatic heterocycles. The Labute approximate surface area is 124 Å². The van der Waals surface area contributed by atoms with E-state index >= 15 is 0 Å². The van der Waals surface area contributed by atoms with E-state index in [-0.39, 0.29) is 12.1 Å². The number of methoxy groups -OCH3 is 1. The van der Waals surface area contributed by atoms with Crippen LogP contribution in [0.3, 0.4) is 0 Å². The molecule has 1 aliphatic rings. The van der Waals surface area contributed by atoms with E-state index in [1.54, 1.807) is 13.2 Å². The molecule has 1 fully saturated rings. The van der Waals surface area contributed by atoms with E-state index < -0.39 is 0 Å². The summed E-state index contributed by atoms with van der Waals surface area (Å²) in [6.07, 6.45) is 2.52. The minimum atomic E-state index is 0.128. The van der Waals surface area contributed by atoms with Crippen LogP contribution >= 0.6 is 23.2 Å². The van der Waals surface area contributed by atoms with Crippen LogP contribution in [-0.4, -0.2) is 37.7 Å². The predicted octanol–water partition coefficient (Wildman–Crippen LogP) is 3.10. The largest absolute Gasteiger partial charge is 0.380 e. The van der Waals surface area contributed by atoms with Crippen LogP contribution in [0.1, 0.15) is 24.4 Å². The molecular formula is C14H20Cl2N2O. The zero-order valence-electron chi connectivity index (χ0n) is 11.1. The first-order valence-electron chi connectivity index (χ1n) is 6.57. The first kappa shape index (κ1) is 15.1. The fourth-order valence-electron chi connectivity index (χ4n) is 2.69. The van der Waals surface area contributed by atoms with Crippen molar-refractivity contribution in [1.82, 2.24) is 4.90 Å². The Morgan fingerprint density at radius 1 is 1.47 bits per heavy atom. The van der Waals surface area contributed by atoms with Crippen molar-refractivity contribution in [2.45, 2.75) is 25.0 Å². The summed E-state index contributed by atoms with van der Waals surface area (Å²) in [7, 11) is 1.76. The van der Waals surface area contributed by atoms with Crippen LogP contribution in [0.25, 0.3) is 0 Å². The Bertz CT molecular complexity index is 428. The minimum Gasteiger partial charge on any atom is -0.380 e. The van der Waals surface area contributed by atoms with Crippen molar-refractivity contribution in [3.05, 3.63) is 33.8 Å². The topological polar surface area (TPSA) is 38.5 Å². The highest BCUT2D eigenvalue weighted by molar-refractivity contribution is 6.35. The zero-order chi connectivity index (χ0) is 13.8. The Morgan fingerprint density at radius 3 is 2.89 bits per heavy atom. The lowest BCUT2D eigenvalue weighted by atomic mass is 10.0. The SMILES string of the molecule is COC1CCCN(C(CN)c2ccc(Cl)cc2Cl)C1. The quantitative estimate of drug-likeness (QED) is 0.929. The van der Waals surface area contributed by atoms with Gasteiger partial charge in [-0.25, -0.2) is 0 Å². The fourth-order valence-corrected chi connectivity index (χ4v) is 3.22. The molecular weight excluding hydrogens is 283 g/mol. The maximum atomic E-state index is 6.29. The Morgan fingerprint density at radius 2 is 2.26 bits per heavy atom. The molecule has 0 amide bonds. The number of piperidine rings is 1. The molecule has 1 heterocycles. The van der Waals surface area contributed by atoms with Crippen LogP contribution in [0, 0.1) is 0 Å². The molecule has 19 heavy (non-hydrogen) atoms. The number of likely N-dealkylation sites (tertiary alicyclic amines) is 1. The number of ether oxygens (including phenoxy) is 1. The lowest BCUT2D eigenvalue weighted by Gasteiger charge is -2.37. The summed E-state index contributed by atoms with van der Waals surface area (Å²) in [4.78, 5) is 2.35. The van der Waals surface area contributed by atoms with Gasteiger partial charge in [0.25, 0.3) is 0 Å². The number of hydrogen-bond donors (Lipinski definition) is 1. The van der Waals surface area contributed by atoms with Crippen LogP contribution in [0.15, 0.2) is 18.2 Å². The molecule has 2 atom stereocenters. The fraction of sp³-hybridized carbons (Fsp3) is 0.571. The van der Waals surface area contributed by atoms with Crippen LogP contribution < -0.4 is 5.73 Å². The van der Waals surface area contributed by atoms with E-state index in [0.29, 0.717) is 16.6 Å². The highest BCUT2D eigenvalue weighted by Gasteiger charge is 2.27. The van der Waals surface area contributed by atoms with Gasteiger partial charge in [-0.05, 0) is 37.1 Å². The molecule has 2 unspecified atom stereocenters. The maximum Gasteiger partial charge on any atom is 0.0698 e. The minimum absolute atomic E-state index is 0.128. The molecule has 1 aliphatic heterocycles. The van der Waals surface area contributed by atoms with Gasteiger partial charge in [0.15, 0.2) is 0 Å². The van der Waals surface area contributed by atoms with Gasteiger partial charge in [0.2, 0.25) is 0 Å². The second-order valence-corrected chi connectivity index (χ2v) is 5.76. The molecule has 5 heteroatoms. The van der Waals surface area contributed by atoms with Gasteiger partial charge in [-0.3, -0.25) is 4.90 Å². The third kappa shape index (κ3) is 3.61. The van der Waals surface area contributed by atoms with Crippen molar-refractivity contribution in [2.75, 3.05) is 26.7 Å². The van der Waals surface area contributed by atoms with Gasteiger partial charge in [-0.15, -0.1) is 0 Å². The summed E-state index contributed by atoms with van der Waals surface area (Å²) < 4.78 is 5.46. The zero-order valence-corrected chi connectivity index (χ0v) is 12.6. The molecule has 0 aliphatic carbocycles. The average molecular weight is 303 g/mol. The number of halogens is 2. The van der Waals surface area contributed by atoms with Crippen LogP contribution in [-0.2, 0) is 4.74 Å². The summed E-state index contributed by atoms with van der Waals surface area (Å²) in [5.41, 5.74) is 7.00. The van der Waals surface area contributed by atoms with Gasteiger partial charge in [-0.2, -0.15) is 0 Å². The molecule has 1 aromatic rings. The van der Waals surface area contributed by atoms with E-state index in [1.807, 2.05) is 12.1 Å². The number of benzene rings is 1. The molecule has 1 saturated heterocycles. The Balaban J connectivity index is 2.19. The molecule has 2 rings (SSSR count). The monoisotopic (exact) mass is 302 g/mol. The summed E-state index contributed by atoms with van der Waals surface area (Å²) in [6, 6.07) is 5.74. The molecule has 2 N–H and O–H groups in total. The van der Waals surface area contributed by atoms with Gasteiger partial charge in [-0.1, -0.05) is 29.3 Å². The second-order valence-electron chi connectivity index (χ2n) is 4.91. The summed E-state index contributed by atoms with van der Waals surface area (Å²) in [5.74, 6) is 0. The molecule has 0 spiro atoms. The molecule has 0 saturated carbocycles. The molecule has 1 aromatic carbocycles. The molecule has 106 valence electrons. The van der Waals surface area contributed by atoms with Crippen LogP contribution in [0.4, 0.5) is 0 Å². The molecule has 0 radical (unpaired) electrons. The van der Waals surface area contributed by atoms with Crippen molar-refractivity contribution in [1.29, 1.82) is 0 Å². The highest BCUT2D eigenvalue weighted by atomic mass is 35.5. The van der Waals surface area contributed by atoms with E-state index in [0.717, 1.165) is 31.5 Å². The number of nitrogens with zero attached hydrogens (tertiary/aromatic N) is 1. The Hall–Kier alpha value is -0.320. The van der Waals surface area contributed by atoms with E-state index in [9.17, 15) is 0 Å². The van der Waals surface area contributed by atoms with E-state index in [2.05, 4.69) is 4.90 Å². The standard InChI is InChI=1S/C14H20Cl2N2O/c1-19-11-3-2-6-18(9-11)14(8-17)12-5-4-10(15)7-13(12)16/h4-5,7,11,14H,2-3,6,8-9,17H2,1H3. The highest BCUT2D eigenvalue weighted by Crippen LogP contribution is 2.31. The third-order valence-electron chi connectivity index (χ3n) is 3.73. The average Bonchev–Trinajstić information content (AvgIpc) is 2.42. The first-order valence-corrected chi connectivity index (χ1v) is 7.33. The van der Waals surface area contributed by atoms with E-state index in [1.165, 1.54) is 0 Å². The van der Waals surface area contributed by atoms with Gasteiger partial charge >= 0.3 is 0 Å². The normalized spacial score (nSPS) is 22.4. The molecule has 0 bridgehead atoms. The lowest BCUT2D eigenvalue weighted by Crippen LogP contribution is -2.43. The van der Waals surface area contributed by atoms with Crippen LogP contribution in [0.2, 0.25) is 10.0 Å². The molecule has 3 nitrogen and oxygen atoms in total. The van der Waals surface area contributed by atoms with Gasteiger partial charge in [0, 0.05) is 36.3 Å². The Kier molecular flexibility index (Phi) is 5.48.